The topological polar surface area (TPSA) is 134 Å². The van der Waals surface area contributed by atoms with Crippen molar-refractivity contribution in [3.63, 3.8) is 0 Å². The van der Waals surface area contributed by atoms with Crippen LogP contribution in [0, 0.1) is 0 Å². The number of alkyl carbamates (subject to hydrolysis) is 1. The van der Waals surface area contributed by atoms with Crippen molar-refractivity contribution >= 4 is 23.9 Å². The number of hydrogen-bond donors (Lipinski definition) is 4. The molecule has 0 aliphatic rings. The summed E-state index contributed by atoms with van der Waals surface area (Å²) in [6, 6.07) is 6.06. The Kier molecular flexibility index (Phi) is 8.07. The molecule has 0 heterocycles. The average Bonchev–Trinajstić information content (AvgIpc) is 2.60. The van der Waals surface area contributed by atoms with Crippen LogP contribution in [0.4, 0.5) is 4.79 Å². The van der Waals surface area contributed by atoms with E-state index >= 15 is 0 Å². The summed E-state index contributed by atoms with van der Waals surface area (Å²) >= 11 is 0. The molecule has 0 aliphatic heterocycles. The maximum atomic E-state index is 12.0. The second-order valence-corrected chi connectivity index (χ2v) is 5.73. The maximum absolute atomic E-state index is 12.0. The monoisotopic (exact) mass is 365 g/mol. The molecule has 26 heavy (non-hydrogen) atoms. The third-order valence-corrected chi connectivity index (χ3v) is 3.42. The number of amides is 3. The molecule has 9 heteroatoms. The Balaban J connectivity index is 2.40. The molecule has 1 rings (SSSR count). The van der Waals surface area contributed by atoms with E-state index in [1.807, 2.05) is 18.2 Å². The van der Waals surface area contributed by atoms with Gasteiger partial charge in [-0.3, -0.25) is 14.4 Å². The summed E-state index contributed by atoms with van der Waals surface area (Å²) in [6.07, 6.45) is -0.770. The molecule has 0 aliphatic carbocycles. The molecule has 9 nitrogen and oxygen atoms in total. The van der Waals surface area contributed by atoms with Crippen molar-refractivity contribution in [3.8, 4) is 0 Å². The smallest absolute Gasteiger partial charge is 0.408 e. The lowest BCUT2D eigenvalue weighted by Gasteiger charge is -2.19. The normalized spacial score (nSPS) is 13.7. The van der Waals surface area contributed by atoms with Gasteiger partial charge in [0.15, 0.2) is 0 Å². The lowest BCUT2D eigenvalue weighted by molar-refractivity contribution is -0.141. The van der Waals surface area contributed by atoms with Gasteiger partial charge >= 0.3 is 12.1 Å². The molecule has 3 atom stereocenters. The molecule has 1 aromatic rings. The Hall–Kier alpha value is -3.10. The van der Waals surface area contributed by atoms with Crippen molar-refractivity contribution in [2.75, 3.05) is 0 Å². The van der Waals surface area contributed by atoms with Crippen LogP contribution in [-0.2, 0) is 25.7 Å². The van der Waals surface area contributed by atoms with Crippen LogP contribution in [0.25, 0.3) is 0 Å². The molecule has 0 bridgehead atoms. The van der Waals surface area contributed by atoms with Crippen molar-refractivity contribution in [2.45, 2.75) is 45.5 Å². The van der Waals surface area contributed by atoms with E-state index in [2.05, 4.69) is 16.0 Å². The molecule has 3 amide bonds. The Morgan fingerprint density at radius 3 is 1.92 bits per heavy atom. The van der Waals surface area contributed by atoms with E-state index in [-0.39, 0.29) is 6.61 Å². The molecule has 0 aromatic heterocycles. The van der Waals surface area contributed by atoms with Gasteiger partial charge in [-0.05, 0) is 26.3 Å². The molecule has 4 N–H and O–H groups in total. The Bertz CT molecular complexity index is 649. The van der Waals surface area contributed by atoms with Gasteiger partial charge in [-0.2, -0.15) is 0 Å². The van der Waals surface area contributed by atoms with E-state index in [0.29, 0.717) is 0 Å². The molecule has 0 saturated heterocycles. The number of rotatable bonds is 8. The first kappa shape index (κ1) is 20.9. The molecule has 1 aromatic carbocycles. The zero-order valence-corrected chi connectivity index (χ0v) is 14.8. The van der Waals surface area contributed by atoms with Crippen molar-refractivity contribution in [1.82, 2.24) is 16.0 Å². The Labute approximate surface area is 151 Å². The second-order valence-electron chi connectivity index (χ2n) is 5.73. The zero-order chi connectivity index (χ0) is 19.7. The van der Waals surface area contributed by atoms with Crippen molar-refractivity contribution in [3.05, 3.63) is 35.9 Å². The molecule has 0 radical (unpaired) electrons. The van der Waals surface area contributed by atoms with E-state index in [1.165, 1.54) is 20.8 Å². The minimum atomic E-state index is -1.19. The highest BCUT2D eigenvalue weighted by atomic mass is 16.5. The number of carboxylic acid groups (broad SMARTS) is 1. The Morgan fingerprint density at radius 2 is 1.38 bits per heavy atom. The van der Waals surface area contributed by atoms with Gasteiger partial charge in [0.25, 0.3) is 0 Å². The first-order chi connectivity index (χ1) is 12.2. The van der Waals surface area contributed by atoms with E-state index < -0.39 is 42.0 Å². The van der Waals surface area contributed by atoms with Crippen LogP contribution in [0.1, 0.15) is 26.3 Å². The number of hydrogen-bond acceptors (Lipinski definition) is 5. The molecule has 0 spiro atoms. The number of nitrogens with one attached hydrogen (secondary N) is 3. The lowest BCUT2D eigenvalue weighted by Crippen LogP contribution is -2.53. The van der Waals surface area contributed by atoms with Crippen LogP contribution in [0.3, 0.4) is 0 Å². The highest BCUT2D eigenvalue weighted by Crippen LogP contribution is 2.00. The quantitative estimate of drug-likeness (QED) is 0.527. The fourth-order valence-corrected chi connectivity index (χ4v) is 1.81. The minimum Gasteiger partial charge on any atom is -0.480 e. The summed E-state index contributed by atoms with van der Waals surface area (Å²) in [5, 5.41) is 15.7. The van der Waals surface area contributed by atoms with Gasteiger partial charge in [-0.1, -0.05) is 30.3 Å². The number of carbonyl (C=O) groups is 4. The second kappa shape index (κ2) is 10.0. The number of carbonyl (C=O) groups excluding carboxylic acids is 3. The van der Waals surface area contributed by atoms with Gasteiger partial charge in [0.1, 0.15) is 24.7 Å². The van der Waals surface area contributed by atoms with Gasteiger partial charge < -0.3 is 25.8 Å². The number of aliphatic carboxylic acids is 1. The lowest BCUT2D eigenvalue weighted by atomic mass is 10.2. The standard InChI is InChI=1S/C17H23N3O6/c1-10(14(21)19-12(3)16(23)24)18-15(22)11(2)20-17(25)26-9-13-7-5-4-6-8-13/h4-8,10-12H,9H2,1-3H3,(H,18,22)(H,19,21)(H,20,25)(H,23,24)/t10-,11+,12+/m1/s1. The SMILES string of the molecule is C[C@H](NC(=O)[C@@H](C)NC(=O)[C@H](C)NC(=O)OCc1ccccc1)C(=O)O. The van der Waals surface area contributed by atoms with E-state index in [1.54, 1.807) is 12.1 Å². The van der Waals surface area contributed by atoms with Gasteiger partial charge in [-0.15, -0.1) is 0 Å². The molecule has 0 fully saturated rings. The first-order valence-corrected chi connectivity index (χ1v) is 8.01. The summed E-state index contributed by atoms with van der Waals surface area (Å²) in [7, 11) is 0. The highest BCUT2D eigenvalue weighted by Gasteiger charge is 2.23. The fraction of sp³-hybridized carbons (Fsp3) is 0.412. The van der Waals surface area contributed by atoms with E-state index in [9.17, 15) is 19.2 Å². The molecule has 0 saturated carbocycles. The zero-order valence-electron chi connectivity index (χ0n) is 14.8. The average molecular weight is 365 g/mol. The summed E-state index contributed by atoms with van der Waals surface area (Å²) in [5.41, 5.74) is 0.803. The highest BCUT2D eigenvalue weighted by molar-refractivity contribution is 5.92. The summed E-state index contributed by atoms with van der Waals surface area (Å²) in [5.74, 6) is -2.44. The van der Waals surface area contributed by atoms with Crippen molar-refractivity contribution in [1.29, 1.82) is 0 Å². The van der Waals surface area contributed by atoms with Crippen LogP contribution in [0.15, 0.2) is 30.3 Å². The predicted molar refractivity (Wildman–Crippen MR) is 92.1 cm³/mol. The predicted octanol–water partition coefficient (Wildman–Crippen LogP) is 0.395. The van der Waals surface area contributed by atoms with Gasteiger partial charge in [0, 0.05) is 0 Å². The number of ether oxygens (including phenoxy) is 1. The van der Waals surface area contributed by atoms with E-state index in [0.717, 1.165) is 5.56 Å². The maximum Gasteiger partial charge on any atom is 0.408 e. The summed E-state index contributed by atoms with van der Waals surface area (Å²) in [4.78, 5) is 46.2. The third-order valence-electron chi connectivity index (χ3n) is 3.42. The minimum absolute atomic E-state index is 0.0624. The van der Waals surface area contributed by atoms with Crippen LogP contribution in [0.5, 0.6) is 0 Å². The Morgan fingerprint density at radius 1 is 0.885 bits per heavy atom. The molecule has 0 unspecified atom stereocenters. The van der Waals surface area contributed by atoms with Crippen LogP contribution >= 0.6 is 0 Å². The van der Waals surface area contributed by atoms with Crippen LogP contribution in [0.2, 0.25) is 0 Å². The molecule has 142 valence electrons. The fourth-order valence-electron chi connectivity index (χ4n) is 1.81. The van der Waals surface area contributed by atoms with Gasteiger partial charge in [-0.25, -0.2) is 4.79 Å². The summed E-state index contributed by atoms with van der Waals surface area (Å²) in [6.45, 7) is 4.21. The third kappa shape index (κ3) is 7.20. The van der Waals surface area contributed by atoms with E-state index in [4.69, 9.17) is 9.84 Å². The van der Waals surface area contributed by atoms with Gasteiger partial charge in [0.2, 0.25) is 11.8 Å². The number of carboxylic acids is 1. The van der Waals surface area contributed by atoms with Crippen LogP contribution in [-0.4, -0.2) is 47.1 Å². The van der Waals surface area contributed by atoms with Crippen molar-refractivity contribution < 1.29 is 29.0 Å². The first-order valence-electron chi connectivity index (χ1n) is 8.01. The van der Waals surface area contributed by atoms with Crippen LogP contribution < -0.4 is 16.0 Å². The number of benzene rings is 1. The van der Waals surface area contributed by atoms with Crippen molar-refractivity contribution in [2.24, 2.45) is 0 Å². The molecular weight excluding hydrogens is 342 g/mol. The molecular formula is C17H23N3O6. The summed E-state index contributed by atoms with van der Waals surface area (Å²) < 4.78 is 5.01. The largest absolute Gasteiger partial charge is 0.480 e. The van der Waals surface area contributed by atoms with Gasteiger partial charge in [0.05, 0.1) is 0 Å².